The van der Waals surface area contributed by atoms with Gasteiger partial charge < -0.3 is 5.32 Å². The van der Waals surface area contributed by atoms with Gasteiger partial charge in [0, 0.05) is 29.9 Å². The molecule has 0 saturated carbocycles. The number of carbonyl (C=O) groups excluding carboxylic acids is 1. The Hall–Kier alpha value is -2.67. The zero-order valence-corrected chi connectivity index (χ0v) is 16.7. The van der Waals surface area contributed by atoms with Crippen LogP contribution in [0.25, 0.3) is 0 Å². The second-order valence-electron chi connectivity index (χ2n) is 6.23. The maximum atomic E-state index is 12.6. The zero-order valence-electron chi connectivity index (χ0n) is 15.2. The smallest absolute Gasteiger partial charge is 0.255 e. The molecule has 144 valence electrons. The maximum absolute atomic E-state index is 12.6. The topological polar surface area (TPSA) is 66.5 Å². The fraction of sp³-hybridized carbons (Fsp3) is 0.0952. The van der Waals surface area contributed by atoms with E-state index in [-0.39, 0.29) is 17.3 Å². The molecule has 28 heavy (non-hydrogen) atoms. The normalized spacial score (nSPS) is 11.4. The third-order valence-corrected chi connectivity index (χ3v) is 6.24. The van der Waals surface area contributed by atoms with Gasteiger partial charge in [0.15, 0.2) is 0 Å². The maximum Gasteiger partial charge on any atom is 0.255 e. The van der Waals surface area contributed by atoms with E-state index in [0.29, 0.717) is 16.3 Å². The van der Waals surface area contributed by atoms with Crippen molar-refractivity contribution in [2.45, 2.75) is 11.4 Å². The molecule has 0 aliphatic rings. The monoisotopic (exact) mass is 414 g/mol. The average Bonchev–Trinajstić information content (AvgIpc) is 2.69. The fourth-order valence-corrected chi connectivity index (χ4v) is 3.90. The van der Waals surface area contributed by atoms with Crippen molar-refractivity contribution in [2.24, 2.45) is 0 Å². The van der Waals surface area contributed by atoms with Crippen molar-refractivity contribution in [3.05, 3.63) is 95.0 Å². The highest BCUT2D eigenvalue weighted by Crippen LogP contribution is 2.19. The number of hydrogen-bond acceptors (Lipinski definition) is 3. The van der Waals surface area contributed by atoms with E-state index < -0.39 is 10.0 Å². The molecule has 1 amide bonds. The first-order valence-electron chi connectivity index (χ1n) is 8.53. The van der Waals surface area contributed by atoms with Gasteiger partial charge in [0.2, 0.25) is 10.0 Å². The van der Waals surface area contributed by atoms with E-state index in [1.807, 2.05) is 30.3 Å². The van der Waals surface area contributed by atoms with E-state index >= 15 is 0 Å². The molecule has 0 radical (unpaired) electrons. The zero-order chi connectivity index (χ0) is 20.1. The summed E-state index contributed by atoms with van der Waals surface area (Å²) in [6.45, 7) is 0.186. The number of halogens is 1. The molecule has 0 atom stereocenters. The van der Waals surface area contributed by atoms with Gasteiger partial charge in [-0.1, -0.05) is 41.9 Å². The van der Waals surface area contributed by atoms with Gasteiger partial charge in [-0.2, -0.15) is 4.31 Å². The summed E-state index contributed by atoms with van der Waals surface area (Å²) in [7, 11) is -2.11. The van der Waals surface area contributed by atoms with Crippen LogP contribution in [0.3, 0.4) is 0 Å². The van der Waals surface area contributed by atoms with Gasteiger partial charge in [0.1, 0.15) is 0 Å². The first-order chi connectivity index (χ1) is 13.4. The van der Waals surface area contributed by atoms with Crippen molar-refractivity contribution >= 4 is 33.2 Å². The van der Waals surface area contributed by atoms with Crippen LogP contribution in [0.4, 0.5) is 5.69 Å². The van der Waals surface area contributed by atoms with Crippen LogP contribution < -0.4 is 5.32 Å². The Balaban J connectivity index is 1.68. The summed E-state index contributed by atoms with van der Waals surface area (Å²) < 4.78 is 26.5. The number of hydrogen-bond donors (Lipinski definition) is 1. The lowest BCUT2D eigenvalue weighted by Crippen LogP contribution is -2.26. The van der Waals surface area contributed by atoms with Gasteiger partial charge in [-0.3, -0.25) is 4.79 Å². The lowest BCUT2D eigenvalue weighted by molar-refractivity contribution is 0.102. The summed E-state index contributed by atoms with van der Waals surface area (Å²) in [5, 5.41) is 3.29. The van der Waals surface area contributed by atoms with Crippen LogP contribution in [-0.2, 0) is 16.6 Å². The molecule has 3 aromatic carbocycles. The van der Waals surface area contributed by atoms with Crippen LogP contribution in [0.2, 0.25) is 5.02 Å². The van der Waals surface area contributed by atoms with Crippen LogP contribution in [0.5, 0.6) is 0 Å². The number of carbonyl (C=O) groups is 1. The highest BCUT2D eigenvalue weighted by atomic mass is 35.5. The fourth-order valence-electron chi connectivity index (χ4n) is 2.61. The molecular formula is C21H19ClN2O3S. The summed E-state index contributed by atoms with van der Waals surface area (Å²) >= 11 is 5.82. The molecule has 5 nitrogen and oxygen atoms in total. The first-order valence-corrected chi connectivity index (χ1v) is 10.4. The first kappa shape index (κ1) is 20.1. The summed E-state index contributed by atoms with van der Waals surface area (Å²) in [4.78, 5) is 12.5. The highest BCUT2D eigenvalue weighted by Gasteiger charge is 2.20. The van der Waals surface area contributed by atoms with E-state index in [2.05, 4.69) is 5.32 Å². The molecule has 3 aromatic rings. The number of nitrogens with one attached hydrogen (secondary N) is 1. The molecule has 0 aliphatic carbocycles. The molecule has 0 bridgehead atoms. The number of nitrogens with zero attached hydrogens (tertiary/aromatic N) is 1. The minimum atomic E-state index is -3.63. The van der Waals surface area contributed by atoms with Crippen LogP contribution in [-0.4, -0.2) is 25.7 Å². The Morgan fingerprint density at radius 1 is 0.929 bits per heavy atom. The van der Waals surface area contributed by atoms with Crippen LogP contribution in [0.15, 0.2) is 83.8 Å². The highest BCUT2D eigenvalue weighted by molar-refractivity contribution is 7.89. The Kier molecular flexibility index (Phi) is 6.14. The molecule has 0 heterocycles. The van der Waals surface area contributed by atoms with Crippen molar-refractivity contribution in [2.75, 3.05) is 12.4 Å². The summed E-state index contributed by atoms with van der Waals surface area (Å²) in [6.07, 6.45) is 0. The van der Waals surface area contributed by atoms with Gasteiger partial charge in [-0.25, -0.2) is 8.42 Å². The van der Waals surface area contributed by atoms with Crippen molar-refractivity contribution in [3.63, 3.8) is 0 Å². The van der Waals surface area contributed by atoms with Crippen molar-refractivity contribution < 1.29 is 13.2 Å². The summed E-state index contributed by atoms with van der Waals surface area (Å²) in [5.41, 5.74) is 1.98. The van der Waals surface area contributed by atoms with E-state index in [4.69, 9.17) is 11.6 Å². The second-order valence-corrected chi connectivity index (χ2v) is 8.71. The molecule has 0 unspecified atom stereocenters. The number of benzene rings is 3. The van der Waals surface area contributed by atoms with Gasteiger partial charge in [0.05, 0.1) is 4.90 Å². The van der Waals surface area contributed by atoms with Gasteiger partial charge in [-0.15, -0.1) is 0 Å². The predicted molar refractivity (Wildman–Crippen MR) is 111 cm³/mol. The van der Waals surface area contributed by atoms with Crippen LogP contribution >= 0.6 is 11.6 Å². The number of rotatable bonds is 6. The summed E-state index contributed by atoms with van der Waals surface area (Å²) in [6, 6.07) is 22.1. The van der Waals surface area contributed by atoms with Crippen molar-refractivity contribution in [3.8, 4) is 0 Å². The Bertz CT molecular complexity index is 1050. The third kappa shape index (κ3) is 4.78. The Morgan fingerprint density at radius 2 is 1.54 bits per heavy atom. The molecule has 3 rings (SSSR count). The minimum Gasteiger partial charge on any atom is -0.322 e. The standard InChI is InChI=1S/C21H19ClN2O3S/c1-24(28(26,27)20-13-11-18(22)12-14-20)15-16-7-9-17(10-8-16)21(25)23-19-5-3-2-4-6-19/h2-14H,15H2,1H3,(H,23,25). The van der Waals surface area contributed by atoms with Crippen LogP contribution in [0, 0.1) is 0 Å². The third-order valence-electron chi connectivity index (χ3n) is 4.17. The van der Waals surface area contributed by atoms with Gasteiger partial charge in [0.25, 0.3) is 5.91 Å². The number of sulfonamides is 1. The number of anilines is 1. The minimum absolute atomic E-state index is 0.179. The number of para-hydroxylation sites is 1. The van der Waals surface area contributed by atoms with E-state index in [1.54, 1.807) is 36.4 Å². The van der Waals surface area contributed by atoms with E-state index in [9.17, 15) is 13.2 Å². The second kappa shape index (κ2) is 8.56. The molecule has 1 N–H and O–H groups in total. The average molecular weight is 415 g/mol. The number of amides is 1. The van der Waals surface area contributed by atoms with E-state index in [0.717, 1.165) is 5.56 Å². The lowest BCUT2D eigenvalue weighted by Gasteiger charge is -2.17. The molecular weight excluding hydrogens is 396 g/mol. The Labute approximate surface area is 169 Å². The van der Waals surface area contributed by atoms with Crippen molar-refractivity contribution in [1.29, 1.82) is 0 Å². The largest absolute Gasteiger partial charge is 0.322 e. The molecule has 0 spiro atoms. The molecule has 0 fully saturated rings. The quantitative estimate of drug-likeness (QED) is 0.649. The molecule has 0 saturated heterocycles. The van der Waals surface area contributed by atoms with E-state index in [1.165, 1.54) is 23.5 Å². The molecule has 0 aromatic heterocycles. The molecule has 0 aliphatic heterocycles. The van der Waals surface area contributed by atoms with Gasteiger partial charge in [-0.05, 0) is 54.1 Å². The van der Waals surface area contributed by atoms with Crippen molar-refractivity contribution in [1.82, 2.24) is 4.31 Å². The van der Waals surface area contributed by atoms with Gasteiger partial charge >= 0.3 is 0 Å². The summed E-state index contributed by atoms with van der Waals surface area (Å²) in [5.74, 6) is -0.222. The Morgan fingerprint density at radius 3 is 2.14 bits per heavy atom. The predicted octanol–water partition coefficient (Wildman–Crippen LogP) is 4.41. The van der Waals surface area contributed by atoms with Crippen LogP contribution in [0.1, 0.15) is 15.9 Å². The molecule has 7 heteroatoms. The lowest BCUT2D eigenvalue weighted by atomic mass is 10.1. The SMILES string of the molecule is CN(Cc1ccc(C(=O)Nc2ccccc2)cc1)S(=O)(=O)c1ccc(Cl)cc1.